The SMILES string of the molecule is CN(C)c1ccc(C2CC(c3ccc(NS(=O)(=O)c4cccc(C(=O)c5cccc(S(=O)(=O)Nc6ccc(C7=NNC(c8ccc(N(C)C)cc8)C7)cc6)c5)c4)cc3)=NN2)cc1. The molecule has 6 aromatic carbocycles. The van der Waals surface area contributed by atoms with E-state index < -0.39 is 25.8 Å². The number of anilines is 4. The van der Waals surface area contributed by atoms with E-state index >= 15 is 0 Å². The molecule has 6 aromatic rings. The maximum absolute atomic E-state index is 13.7. The largest absolute Gasteiger partial charge is 0.378 e. The van der Waals surface area contributed by atoms with Crippen LogP contribution in [-0.2, 0) is 20.0 Å². The van der Waals surface area contributed by atoms with Gasteiger partial charge in [-0.05, 0) is 95.1 Å². The minimum atomic E-state index is -4.10. The summed E-state index contributed by atoms with van der Waals surface area (Å²) < 4.78 is 59.3. The van der Waals surface area contributed by atoms with Gasteiger partial charge in [0.15, 0.2) is 5.78 Å². The molecule has 8 rings (SSSR count). The quantitative estimate of drug-likeness (QED) is 0.0811. The van der Waals surface area contributed by atoms with Crippen LogP contribution >= 0.6 is 0 Å². The van der Waals surface area contributed by atoms with Crippen LogP contribution in [0.25, 0.3) is 0 Å². The van der Waals surface area contributed by atoms with E-state index in [2.05, 4.69) is 79.0 Å². The molecule has 0 radical (unpaired) electrons. The molecule has 2 unspecified atom stereocenters. The predicted octanol–water partition coefficient (Wildman–Crippen LogP) is 7.53. The van der Waals surface area contributed by atoms with Crippen LogP contribution in [0.4, 0.5) is 22.7 Å². The van der Waals surface area contributed by atoms with Gasteiger partial charge in [-0.3, -0.25) is 14.2 Å². The molecule has 0 aliphatic carbocycles. The lowest BCUT2D eigenvalue weighted by Gasteiger charge is -2.15. The van der Waals surface area contributed by atoms with Crippen molar-refractivity contribution in [1.29, 1.82) is 0 Å². The summed E-state index contributed by atoms with van der Waals surface area (Å²) in [4.78, 5) is 17.5. The molecule has 0 fully saturated rings. The number of carbonyl (C=O) groups excluding carboxylic acids is 1. The van der Waals surface area contributed by atoms with Crippen LogP contribution in [0.15, 0.2) is 166 Å². The Morgan fingerprint density at radius 3 is 1.26 bits per heavy atom. The zero-order valence-corrected chi connectivity index (χ0v) is 36.2. The minimum absolute atomic E-state index is 0.0322. The molecule has 2 aliphatic rings. The van der Waals surface area contributed by atoms with E-state index in [4.69, 9.17) is 0 Å². The van der Waals surface area contributed by atoms with Crippen molar-refractivity contribution in [2.75, 3.05) is 47.4 Å². The van der Waals surface area contributed by atoms with Crippen LogP contribution in [0.3, 0.4) is 0 Å². The maximum atomic E-state index is 13.7. The van der Waals surface area contributed by atoms with Gasteiger partial charge in [-0.15, -0.1) is 0 Å². The molecule has 0 amide bonds. The number of carbonyl (C=O) groups is 1. The molecule has 0 bridgehead atoms. The number of benzene rings is 6. The average Bonchev–Trinajstić information content (AvgIpc) is 3.99. The highest BCUT2D eigenvalue weighted by Gasteiger charge is 2.24. The van der Waals surface area contributed by atoms with E-state index in [-0.39, 0.29) is 33.0 Å². The Hall–Kier alpha value is -6.97. The fourth-order valence-corrected chi connectivity index (χ4v) is 9.51. The summed E-state index contributed by atoms with van der Waals surface area (Å²) in [7, 11) is -0.206. The van der Waals surface area contributed by atoms with Crippen LogP contribution in [0.5, 0.6) is 0 Å². The van der Waals surface area contributed by atoms with E-state index in [9.17, 15) is 21.6 Å². The Balaban J connectivity index is 0.884. The molecule has 0 spiro atoms. The third-order valence-corrected chi connectivity index (χ3v) is 13.6. The zero-order chi connectivity index (χ0) is 43.6. The van der Waals surface area contributed by atoms with Crippen molar-refractivity contribution in [2.45, 2.75) is 34.7 Å². The summed E-state index contributed by atoms with van der Waals surface area (Å²) in [5.41, 5.74) is 15.2. The number of hydrogen-bond donors (Lipinski definition) is 4. The molecule has 2 atom stereocenters. The fourth-order valence-electron chi connectivity index (χ4n) is 7.31. The van der Waals surface area contributed by atoms with Gasteiger partial charge in [-0.1, -0.05) is 72.8 Å². The van der Waals surface area contributed by atoms with Crippen molar-refractivity contribution in [3.05, 3.63) is 179 Å². The second-order valence-corrected chi connectivity index (χ2v) is 19.0. The van der Waals surface area contributed by atoms with Gasteiger partial charge in [-0.2, -0.15) is 10.2 Å². The van der Waals surface area contributed by atoms with Crippen molar-refractivity contribution in [1.82, 2.24) is 10.9 Å². The van der Waals surface area contributed by atoms with Crippen molar-refractivity contribution >= 4 is 60.0 Å². The molecular weight excluding hydrogens is 821 g/mol. The molecule has 0 saturated heterocycles. The first-order chi connectivity index (χ1) is 29.7. The van der Waals surface area contributed by atoms with Crippen LogP contribution in [0.2, 0.25) is 0 Å². The summed E-state index contributed by atoms with van der Waals surface area (Å²) >= 11 is 0. The summed E-state index contributed by atoms with van der Waals surface area (Å²) in [5, 5.41) is 9.07. The minimum Gasteiger partial charge on any atom is -0.378 e. The number of rotatable bonds is 14. The Kier molecular flexibility index (Phi) is 11.6. The first kappa shape index (κ1) is 41.8. The van der Waals surface area contributed by atoms with E-state index in [1.54, 1.807) is 24.3 Å². The fraction of sp³-hybridized carbons (Fsp3) is 0.170. The smallest absolute Gasteiger partial charge is 0.261 e. The number of ketones is 1. The molecule has 2 heterocycles. The zero-order valence-electron chi connectivity index (χ0n) is 34.6. The first-order valence-corrected chi connectivity index (χ1v) is 22.9. The van der Waals surface area contributed by atoms with E-state index in [1.807, 2.05) is 62.3 Å². The number of nitrogens with one attached hydrogen (secondary N) is 4. The standard InChI is InChI=1S/C47H46N8O5S2/c1-54(2)39-23-15-33(16-24-39)45-29-43(48-50-45)31-11-19-37(20-12-31)52-61(57,58)41-9-5-7-35(27-41)47(56)36-8-6-10-42(28-36)62(59,60)53-38-21-13-32(14-22-38)44-30-46(51-49-44)34-17-25-40(26-18-34)55(3)4/h5-28,45-46,50-53H,29-30H2,1-4H3. The summed E-state index contributed by atoms with van der Waals surface area (Å²) in [6.07, 6.45) is 1.35. The van der Waals surface area contributed by atoms with Gasteiger partial charge in [0, 0.05) is 74.9 Å². The van der Waals surface area contributed by atoms with Crippen LogP contribution in [0, 0.1) is 0 Å². The molecule has 13 nitrogen and oxygen atoms in total. The number of hydrogen-bond acceptors (Lipinski definition) is 11. The Labute approximate surface area is 362 Å². The molecule has 0 saturated carbocycles. The van der Waals surface area contributed by atoms with Crippen LogP contribution in [-0.4, -0.2) is 62.2 Å². The number of hydrazone groups is 2. The molecule has 15 heteroatoms. The predicted molar refractivity (Wildman–Crippen MR) is 246 cm³/mol. The molecule has 4 N–H and O–H groups in total. The molecule has 316 valence electrons. The molecular formula is C47H46N8O5S2. The van der Waals surface area contributed by atoms with Crippen molar-refractivity contribution in [2.24, 2.45) is 10.2 Å². The van der Waals surface area contributed by atoms with Crippen molar-refractivity contribution in [3.8, 4) is 0 Å². The van der Waals surface area contributed by atoms with E-state index in [1.165, 1.54) is 48.5 Å². The Bertz CT molecular complexity index is 2700. The third-order valence-electron chi connectivity index (χ3n) is 10.9. The lowest BCUT2D eigenvalue weighted by molar-refractivity contribution is 0.103. The second-order valence-electron chi connectivity index (χ2n) is 15.6. The van der Waals surface area contributed by atoms with Gasteiger partial charge in [0.25, 0.3) is 20.0 Å². The maximum Gasteiger partial charge on any atom is 0.261 e. The Morgan fingerprint density at radius 2 is 0.903 bits per heavy atom. The monoisotopic (exact) mass is 866 g/mol. The lowest BCUT2D eigenvalue weighted by Crippen LogP contribution is -2.15. The normalized spacial score (nSPS) is 16.1. The van der Waals surface area contributed by atoms with Crippen molar-refractivity contribution < 1.29 is 21.6 Å². The summed E-state index contributed by atoms with van der Waals surface area (Å²) in [5.74, 6) is -0.538. The van der Waals surface area contributed by atoms with Crippen LogP contribution in [0.1, 0.15) is 63.1 Å². The van der Waals surface area contributed by atoms with Gasteiger partial charge < -0.3 is 20.7 Å². The topological polar surface area (TPSA) is 165 Å². The van der Waals surface area contributed by atoms with Gasteiger partial charge in [0.05, 0.1) is 33.3 Å². The van der Waals surface area contributed by atoms with Gasteiger partial charge in [-0.25, -0.2) is 16.8 Å². The van der Waals surface area contributed by atoms with E-state index in [0.29, 0.717) is 24.2 Å². The first-order valence-electron chi connectivity index (χ1n) is 19.9. The summed E-state index contributed by atoms with van der Waals surface area (Å²) in [6.45, 7) is 0. The average molecular weight is 867 g/mol. The highest BCUT2D eigenvalue weighted by molar-refractivity contribution is 7.93. The third kappa shape index (κ3) is 9.18. The Morgan fingerprint density at radius 1 is 0.532 bits per heavy atom. The highest BCUT2D eigenvalue weighted by atomic mass is 32.2. The molecule has 0 aromatic heterocycles. The molecule has 2 aliphatic heterocycles. The summed E-state index contributed by atoms with van der Waals surface area (Å²) in [6, 6.07) is 41.9. The van der Waals surface area contributed by atoms with Gasteiger partial charge >= 0.3 is 0 Å². The lowest BCUT2D eigenvalue weighted by atomic mass is 9.99. The number of nitrogens with zero attached hydrogens (tertiary/aromatic N) is 4. The molecule has 62 heavy (non-hydrogen) atoms. The van der Waals surface area contributed by atoms with Gasteiger partial charge in [0.2, 0.25) is 0 Å². The van der Waals surface area contributed by atoms with E-state index in [0.717, 1.165) is 45.1 Å². The highest BCUT2D eigenvalue weighted by Crippen LogP contribution is 2.29. The van der Waals surface area contributed by atoms with Gasteiger partial charge in [0.1, 0.15) is 0 Å². The number of sulfonamides is 2. The second kappa shape index (κ2) is 17.2. The van der Waals surface area contributed by atoms with Crippen LogP contribution < -0.4 is 30.1 Å². The van der Waals surface area contributed by atoms with Crippen molar-refractivity contribution in [3.63, 3.8) is 0 Å².